The highest BCUT2D eigenvalue weighted by atomic mass is 16.5. The third-order valence-corrected chi connectivity index (χ3v) is 15.0. The van der Waals surface area contributed by atoms with E-state index >= 15 is 0 Å². The first-order valence-corrected chi connectivity index (χ1v) is 32.1. The van der Waals surface area contributed by atoms with Crippen LogP contribution >= 0.6 is 0 Å². The van der Waals surface area contributed by atoms with Crippen LogP contribution in [-0.2, 0) is 14.3 Å². The summed E-state index contributed by atoms with van der Waals surface area (Å²) in [6, 6.07) is -0.628. The number of aliphatic hydroxyl groups excluding tert-OH is 2. The average Bonchev–Trinajstić information content (AvgIpc) is 3.37. The molecule has 0 heterocycles. The van der Waals surface area contributed by atoms with Crippen molar-refractivity contribution in [1.29, 1.82) is 0 Å². The first-order chi connectivity index (χ1) is 35.0. The average molecular weight is 1000 g/mol. The summed E-state index contributed by atoms with van der Waals surface area (Å²) >= 11 is 0. The fourth-order valence-corrected chi connectivity index (χ4v) is 10.0. The van der Waals surface area contributed by atoms with Gasteiger partial charge in [0.2, 0.25) is 5.91 Å². The Morgan fingerprint density at radius 3 is 1.00 bits per heavy atom. The van der Waals surface area contributed by atoms with E-state index in [1.165, 1.54) is 289 Å². The molecule has 0 saturated carbocycles. The van der Waals surface area contributed by atoms with Crippen LogP contribution in [0.25, 0.3) is 0 Å². The largest absolute Gasteiger partial charge is 0.466 e. The third kappa shape index (κ3) is 57.5. The fraction of sp³-hybridized carbons (Fsp3) is 0.908. The lowest BCUT2D eigenvalue weighted by Gasteiger charge is -2.20. The Bertz CT molecular complexity index is 1110. The molecule has 0 aromatic carbocycles. The van der Waals surface area contributed by atoms with Crippen molar-refractivity contribution in [3.63, 3.8) is 0 Å². The maximum Gasteiger partial charge on any atom is 0.305 e. The summed E-state index contributed by atoms with van der Waals surface area (Å²) in [7, 11) is 0. The van der Waals surface area contributed by atoms with Crippen LogP contribution in [-0.4, -0.2) is 47.4 Å². The molecule has 6 nitrogen and oxygen atoms in total. The van der Waals surface area contributed by atoms with Crippen LogP contribution in [0.4, 0.5) is 0 Å². The molecule has 71 heavy (non-hydrogen) atoms. The van der Waals surface area contributed by atoms with Gasteiger partial charge in [-0.2, -0.15) is 0 Å². The van der Waals surface area contributed by atoms with Crippen molar-refractivity contribution in [3.8, 4) is 0 Å². The zero-order chi connectivity index (χ0) is 51.4. The minimum Gasteiger partial charge on any atom is -0.466 e. The van der Waals surface area contributed by atoms with Crippen LogP contribution in [0.5, 0.6) is 0 Å². The van der Waals surface area contributed by atoms with Crippen LogP contribution in [0.15, 0.2) is 24.3 Å². The fourth-order valence-electron chi connectivity index (χ4n) is 10.0. The standard InChI is InChI=1S/C65H125NO5/c1-3-5-7-9-11-13-15-17-31-34-37-41-45-49-53-57-63(68)62(61-67)66-64(69)58-54-50-46-42-38-35-32-29-27-25-23-21-19-18-20-22-24-26-28-30-33-36-40-44-48-52-56-60-71-65(70)59-55-51-47-43-39-16-14-12-10-8-6-4-2/h18-19,53,57,62-63,67-68H,3-17,20-52,54-56,58-61H2,1-2H3,(H,66,69)/b19-18-,57-53+. The lowest BCUT2D eigenvalue weighted by atomic mass is 10.0. The number of rotatable bonds is 60. The van der Waals surface area contributed by atoms with E-state index in [-0.39, 0.29) is 18.5 Å². The topological polar surface area (TPSA) is 95.9 Å². The Balaban J connectivity index is 3.40. The summed E-state index contributed by atoms with van der Waals surface area (Å²) in [6.45, 7) is 4.92. The molecule has 0 aromatic heterocycles. The van der Waals surface area contributed by atoms with Crippen molar-refractivity contribution < 1.29 is 24.5 Å². The Kier molecular flexibility index (Phi) is 59.5. The molecule has 0 aliphatic rings. The van der Waals surface area contributed by atoms with Gasteiger partial charge >= 0.3 is 5.97 Å². The second kappa shape index (κ2) is 60.9. The van der Waals surface area contributed by atoms with Crippen LogP contribution < -0.4 is 5.32 Å². The molecule has 0 spiro atoms. The smallest absolute Gasteiger partial charge is 0.305 e. The Labute approximate surface area is 443 Å². The van der Waals surface area contributed by atoms with Gasteiger partial charge in [0.05, 0.1) is 25.4 Å². The SMILES string of the molecule is CCCCCCCCCCCCCCC/C=C/C(O)C(CO)NC(=O)CCCCCCCCCCCCC/C=C\CCCCCCCCCCCCCCOC(=O)CCCCCCCCCCCCCC. The summed E-state index contributed by atoms with van der Waals surface area (Å²) in [5, 5.41) is 23.1. The first kappa shape index (κ1) is 69.3. The van der Waals surface area contributed by atoms with Crippen molar-refractivity contribution in [2.75, 3.05) is 13.2 Å². The van der Waals surface area contributed by atoms with Crippen molar-refractivity contribution in [3.05, 3.63) is 24.3 Å². The number of ether oxygens (including phenoxy) is 1. The van der Waals surface area contributed by atoms with Crippen LogP contribution in [0.2, 0.25) is 0 Å². The monoisotopic (exact) mass is 1000 g/mol. The van der Waals surface area contributed by atoms with Gasteiger partial charge in [-0.25, -0.2) is 0 Å². The molecule has 0 radical (unpaired) electrons. The molecule has 0 rings (SSSR count). The number of hydrogen-bond donors (Lipinski definition) is 3. The summed E-state index contributed by atoms with van der Waals surface area (Å²) in [5.41, 5.74) is 0. The molecule has 1 amide bonds. The van der Waals surface area contributed by atoms with E-state index in [1.807, 2.05) is 6.08 Å². The maximum absolute atomic E-state index is 12.5. The number of nitrogens with one attached hydrogen (secondary N) is 1. The molecule has 3 N–H and O–H groups in total. The van der Waals surface area contributed by atoms with E-state index in [0.29, 0.717) is 19.4 Å². The molecule has 0 saturated heterocycles. The van der Waals surface area contributed by atoms with Gasteiger partial charge in [-0.15, -0.1) is 0 Å². The molecule has 420 valence electrons. The number of carbonyl (C=O) groups is 2. The van der Waals surface area contributed by atoms with Crippen LogP contribution in [0, 0.1) is 0 Å². The van der Waals surface area contributed by atoms with Crippen molar-refractivity contribution >= 4 is 11.9 Å². The summed E-state index contributed by atoms with van der Waals surface area (Å²) < 4.78 is 5.48. The maximum atomic E-state index is 12.5. The number of unbranched alkanes of at least 4 members (excludes halogenated alkanes) is 47. The minimum atomic E-state index is -0.844. The number of hydrogen-bond acceptors (Lipinski definition) is 5. The molecule has 0 fully saturated rings. The molecule has 0 bridgehead atoms. The highest BCUT2D eigenvalue weighted by Gasteiger charge is 2.18. The zero-order valence-electron chi connectivity index (χ0n) is 48.0. The third-order valence-electron chi connectivity index (χ3n) is 15.0. The highest BCUT2D eigenvalue weighted by molar-refractivity contribution is 5.76. The molecule has 0 aromatic rings. The lowest BCUT2D eigenvalue weighted by molar-refractivity contribution is -0.143. The van der Waals surface area contributed by atoms with Gasteiger partial charge in [0.15, 0.2) is 0 Å². The predicted molar refractivity (Wildman–Crippen MR) is 310 cm³/mol. The number of aliphatic hydroxyl groups is 2. The van der Waals surface area contributed by atoms with E-state index in [0.717, 1.165) is 38.5 Å². The van der Waals surface area contributed by atoms with Gasteiger partial charge in [0, 0.05) is 12.8 Å². The summed E-state index contributed by atoms with van der Waals surface area (Å²) in [4.78, 5) is 24.5. The highest BCUT2D eigenvalue weighted by Crippen LogP contribution is 2.18. The van der Waals surface area contributed by atoms with Crippen molar-refractivity contribution in [2.24, 2.45) is 0 Å². The second-order valence-corrected chi connectivity index (χ2v) is 22.1. The lowest BCUT2D eigenvalue weighted by Crippen LogP contribution is -2.45. The minimum absolute atomic E-state index is 0.0157. The van der Waals surface area contributed by atoms with E-state index < -0.39 is 12.1 Å². The Hall–Kier alpha value is -1.66. The Morgan fingerprint density at radius 2 is 0.662 bits per heavy atom. The number of carbonyl (C=O) groups excluding carboxylic acids is 2. The summed E-state index contributed by atoms with van der Waals surface area (Å²) in [6.07, 6.45) is 75.2. The molecule has 6 heteroatoms. The zero-order valence-corrected chi connectivity index (χ0v) is 48.0. The van der Waals surface area contributed by atoms with E-state index in [1.54, 1.807) is 6.08 Å². The molecule has 0 aliphatic heterocycles. The molecule has 2 unspecified atom stereocenters. The van der Waals surface area contributed by atoms with Gasteiger partial charge in [-0.3, -0.25) is 9.59 Å². The summed E-state index contributed by atoms with van der Waals surface area (Å²) in [5.74, 6) is -0.0512. The molecular formula is C65H125NO5. The van der Waals surface area contributed by atoms with Gasteiger partial charge in [0.1, 0.15) is 0 Å². The van der Waals surface area contributed by atoms with E-state index in [2.05, 4.69) is 31.3 Å². The normalized spacial score (nSPS) is 12.7. The van der Waals surface area contributed by atoms with E-state index in [9.17, 15) is 19.8 Å². The quantitative estimate of drug-likeness (QED) is 0.0320. The molecular weight excluding hydrogens is 875 g/mol. The molecule has 0 aliphatic carbocycles. The van der Waals surface area contributed by atoms with Crippen LogP contribution in [0.1, 0.15) is 354 Å². The van der Waals surface area contributed by atoms with Crippen LogP contribution in [0.3, 0.4) is 0 Å². The first-order valence-electron chi connectivity index (χ1n) is 32.1. The molecule has 2 atom stereocenters. The predicted octanol–water partition coefficient (Wildman–Crippen LogP) is 20.2. The van der Waals surface area contributed by atoms with Crippen molar-refractivity contribution in [2.45, 2.75) is 366 Å². The van der Waals surface area contributed by atoms with Gasteiger partial charge in [-0.1, -0.05) is 308 Å². The number of esters is 1. The number of allylic oxidation sites excluding steroid dienone is 3. The van der Waals surface area contributed by atoms with Gasteiger partial charge in [0.25, 0.3) is 0 Å². The van der Waals surface area contributed by atoms with Gasteiger partial charge < -0.3 is 20.3 Å². The number of amides is 1. The Morgan fingerprint density at radius 1 is 0.380 bits per heavy atom. The van der Waals surface area contributed by atoms with Gasteiger partial charge in [-0.05, 0) is 57.8 Å². The second-order valence-electron chi connectivity index (χ2n) is 22.1. The van der Waals surface area contributed by atoms with E-state index in [4.69, 9.17) is 4.74 Å². The van der Waals surface area contributed by atoms with Crippen molar-refractivity contribution in [1.82, 2.24) is 5.32 Å².